The number of hydrogen-bond donors (Lipinski definition) is 3. The molecule has 0 unspecified atom stereocenters. The topological polar surface area (TPSA) is 91.2 Å². The molecule has 24 heavy (non-hydrogen) atoms. The van der Waals surface area contributed by atoms with Crippen molar-refractivity contribution in [2.45, 2.75) is 0 Å². The summed E-state index contributed by atoms with van der Waals surface area (Å²) in [5, 5.41) is 23.7. The van der Waals surface area contributed by atoms with E-state index in [1.165, 1.54) is 12.3 Å². The van der Waals surface area contributed by atoms with Gasteiger partial charge in [0.05, 0.1) is 10.7 Å². The van der Waals surface area contributed by atoms with E-state index in [0.29, 0.717) is 20.8 Å². The molecule has 0 fully saturated rings. The molecule has 0 radical (unpaired) electrons. The van der Waals surface area contributed by atoms with Crippen LogP contribution in [0.1, 0.15) is 5.56 Å². The third kappa shape index (κ3) is 4.86. The molecule has 0 saturated carbocycles. The summed E-state index contributed by atoms with van der Waals surface area (Å²) in [5.41, 5.74) is 2.56. The highest BCUT2D eigenvalue weighted by Crippen LogP contribution is 2.40. The van der Waals surface area contributed by atoms with Crippen LogP contribution in [0.15, 0.2) is 44.4 Å². The number of hydrazone groups is 1. The number of amides is 1. The number of carbonyl (C=O) groups excluding carboxylic acids is 1. The Morgan fingerprint density at radius 2 is 2.04 bits per heavy atom. The van der Waals surface area contributed by atoms with Crippen molar-refractivity contribution in [3.8, 4) is 17.2 Å². The molecule has 0 bridgehead atoms. The van der Waals surface area contributed by atoms with E-state index in [4.69, 9.17) is 16.3 Å². The molecule has 126 valence electrons. The number of phenols is 2. The van der Waals surface area contributed by atoms with Gasteiger partial charge in [0.25, 0.3) is 5.91 Å². The van der Waals surface area contributed by atoms with Gasteiger partial charge in [0.1, 0.15) is 21.7 Å². The van der Waals surface area contributed by atoms with Gasteiger partial charge >= 0.3 is 0 Å². The third-order valence-corrected chi connectivity index (χ3v) is 4.35. The molecule has 0 aliphatic heterocycles. The Hall–Kier alpha value is -1.77. The summed E-state index contributed by atoms with van der Waals surface area (Å²) in [4.78, 5) is 11.7. The van der Waals surface area contributed by atoms with Crippen LogP contribution in [-0.4, -0.2) is 28.9 Å². The van der Waals surface area contributed by atoms with Crippen molar-refractivity contribution in [3.05, 3.63) is 49.9 Å². The fraction of sp³-hybridized carbons (Fsp3) is 0.0667. The average Bonchev–Trinajstić information content (AvgIpc) is 2.55. The summed E-state index contributed by atoms with van der Waals surface area (Å²) in [5.74, 6) is -0.360. The van der Waals surface area contributed by atoms with Gasteiger partial charge in [-0.3, -0.25) is 4.79 Å². The van der Waals surface area contributed by atoms with Gasteiger partial charge in [-0.15, -0.1) is 0 Å². The zero-order chi connectivity index (χ0) is 17.7. The summed E-state index contributed by atoms with van der Waals surface area (Å²) >= 11 is 12.0. The van der Waals surface area contributed by atoms with Crippen molar-refractivity contribution in [1.29, 1.82) is 0 Å². The van der Waals surface area contributed by atoms with Crippen LogP contribution in [0.2, 0.25) is 5.02 Å². The van der Waals surface area contributed by atoms with E-state index in [1.807, 2.05) is 0 Å². The van der Waals surface area contributed by atoms with Crippen molar-refractivity contribution in [3.63, 3.8) is 0 Å². The maximum absolute atomic E-state index is 11.7. The number of nitrogens with one attached hydrogen (secondary N) is 1. The van der Waals surface area contributed by atoms with Crippen LogP contribution in [0.5, 0.6) is 17.2 Å². The Morgan fingerprint density at radius 1 is 1.29 bits per heavy atom. The van der Waals surface area contributed by atoms with Gasteiger partial charge in [-0.1, -0.05) is 17.7 Å². The quantitative estimate of drug-likeness (QED) is 0.450. The maximum Gasteiger partial charge on any atom is 0.277 e. The Labute approximate surface area is 159 Å². The zero-order valence-electron chi connectivity index (χ0n) is 12.0. The average molecular weight is 479 g/mol. The lowest BCUT2D eigenvalue weighted by molar-refractivity contribution is -0.123. The Morgan fingerprint density at radius 3 is 2.75 bits per heavy atom. The molecule has 2 rings (SSSR count). The second-order valence-corrected chi connectivity index (χ2v) is 6.58. The van der Waals surface area contributed by atoms with Crippen LogP contribution >= 0.6 is 43.5 Å². The SMILES string of the molecule is O=C(COc1cccc(Cl)c1)NN=Cc1cc(Br)c(O)c(Br)c1O. The number of rotatable bonds is 5. The van der Waals surface area contributed by atoms with Crippen molar-refractivity contribution in [1.82, 2.24) is 5.43 Å². The van der Waals surface area contributed by atoms with Gasteiger partial charge in [0, 0.05) is 10.6 Å². The van der Waals surface area contributed by atoms with Crippen molar-refractivity contribution < 1.29 is 19.7 Å². The van der Waals surface area contributed by atoms with Crippen molar-refractivity contribution in [2.24, 2.45) is 5.10 Å². The molecule has 3 N–H and O–H groups in total. The van der Waals surface area contributed by atoms with Gasteiger partial charge < -0.3 is 14.9 Å². The first-order chi connectivity index (χ1) is 11.4. The molecular weight excluding hydrogens is 467 g/mol. The lowest BCUT2D eigenvalue weighted by atomic mass is 10.2. The normalized spacial score (nSPS) is 10.8. The number of carbonyl (C=O) groups is 1. The minimum absolute atomic E-state index is 0.119. The highest BCUT2D eigenvalue weighted by molar-refractivity contribution is 9.11. The van der Waals surface area contributed by atoms with Crippen LogP contribution < -0.4 is 10.2 Å². The predicted octanol–water partition coefficient (Wildman–Crippen LogP) is 3.81. The highest BCUT2D eigenvalue weighted by Gasteiger charge is 2.12. The zero-order valence-corrected chi connectivity index (χ0v) is 15.9. The van der Waals surface area contributed by atoms with E-state index in [2.05, 4.69) is 42.4 Å². The molecule has 1 amide bonds. The third-order valence-electron chi connectivity index (χ3n) is 2.76. The van der Waals surface area contributed by atoms with E-state index >= 15 is 0 Å². The lowest BCUT2D eigenvalue weighted by Gasteiger charge is -2.07. The van der Waals surface area contributed by atoms with Crippen LogP contribution in [0.3, 0.4) is 0 Å². The van der Waals surface area contributed by atoms with Gasteiger partial charge in [-0.2, -0.15) is 5.10 Å². The molecule has 0 heterocycles. The number of benzene rings is 2. The Balaban J connectivity index is 1.93. The van der Waals surface area contributed by atoms with Gasteiger partial charge in [0.15, 0.2) is 6.61 Å². The number of halogens is 3. The molecule has 0 spiro atoms. The summed E-state index contributed by atoms with van der Waals surface area (Å²) in [6.45, 7) is -0.243. The van der Waals surface area contributed by atoms with Crippen molar-refractivity contribution in [2.75, 3.05) is 6.61 Å². The van der Waals surface area contributed by atoms with E-state index < -0.39 is 5.91 Å². The van der Waals surface area contributed by atoms with Gasteiger partial charge in [-0.25, -0.2) is 5.43 Å². The van der Waals surface area contributed by atoms with E-state index in [9.17, 15) is 15.0 Å². The lowest BCUT2D eigenvalue weighted by Crippen LogP contribution is -2.24. The van der Waals surface area contributed by atoms with Crippen LogP contribution in [-0.2, 0) is 4.79 Å². The fourth-order valence-electron chi connectivity index (χ4n) is 1.63. The Bertz CT molecular complexity index is 799. The van der Waals surface area contributed by atoms with Gasteiger partial charge in [-0.05, 0) is 56.1 Å². The van der Waals surface area contributed by atoms with Crippen molar-refractivity contribution >= 4 is 55.6 Å². The first-order valence-electron chi connectivity index (χ1n) is 6.48. The molecule has 9 heteroatoms. The van der Waals surface area contributed by atoms with Crippen LogP contribution in [0, 0.1) is 0 Å². The van der Waals surface area contributed by atoms with Crippen LogP contribution in [0.4, 0.5) is 0 Å². The first kappa shape index (κ1) is 18.6. The number of phenolic OH excluding ortho intramolecular Hbond substituents is 2. The fourth-order valence-corrected chi connectivity index (χ4v) is 2.96. The first-order valence-corrected chi connectivity index (χ1v) is 8.45. The second-order valence-electron chi connectivity index (χ2n) is 4.50. The molecule has 0 atom stereocenters. The molecule has 2 aromatic carbocycles. The minimum Gasteiger partial charge on any atom is -0.506 e. The summed E-state index contributed by atoms with van der Waals surface area (Å²) in [7, 11) is 0. The number of aromatic hydroxyl groups is 2. The molecule has 0 aliphatic rings. The highest BCUT2D eigenvalue weighted by atomic mass is 79.9. The molecule has 2 aromatic rings. The Kier molecular flexibility index (Phi) is 6.47. The van der Waals surface area contributed by atoms with E-state index in [-0.39, 0.29) is 22.6 Å². The summed E-state index contributed by atoms with van der Waals surface area (Å²) in [6, 6.07) is 8.11. The molecule has 0 saturated heterocycles. The molecular formula is C15H11Br2ClN2O4. The monoisotopic (exact) mass is 476 g/mol. The van der Waals surface area contributed by atoms with E-state index in [1.54, 1.807) is 24.3 Å². The number of hydrogen-bond acceptors (Lipinski definition) is 5. The van der Waals surface area contributed by atoms with E-state index in [0.717, 1.165) is 0 Å². The second kappa shape index (κ2) is 8.36. The smallest absolute Gasteiger partial charge is 0.277 e. The number of nitrogens with zero attached hydrogens (tertiary/aromatic N) is 1. The molecule has 6 nitrogen and oxygen atoms in total. The predicted molar refractivity (Wildman–Crippen MR) is 97.9 cm³/mol. The molecule has 0 aromatic heterocycles. The number of ether oxygens (including phenoxy) is 1. The maximum atomic E-state index is 11.7. The van der Waals surface area contributed by atoms with Gasteiger partial charge in [0.2, 0.25) is 0 Å². The standard InChI is InChI=1S/C15H11Br2ClN2O4/c16-11-4-8(14(22)13(17)15(11)23)6-19-20-12(21)7-24-10-3-1-2-9(18)5-10/h1-6,22-23H,7H2,(H,20,21). The largest absolute Gasteiger partial charge is 0.506 e. The molecule has 0 aliphatic carbocycles. The minimum atomic E-state index is -0.484. The van der Waals surface area contributed by atoms with Crippen LogP contribution in [0.25, 0.3) is 0 Å². The summed E-state index contributed by atoms with van der Waals surface area (Å²) in [6.07, 6.45) is 1.24. The summed E-state index contributed by atoms with van der Waals surface area (Å²) < 4.78 is 5.75.